The Morgan fingerprint density at radius 2 is 2.09 bits per heavy atom. The van der Waals surface area contributed by atoms with Crippen molar-refractivity contribution in [1.82, 2.24) is 9.88 Å². The minimum atomic E-state index is -0.218. The van der Waals surface area contributed by atoms with Crippen molar-refractivity contribution in [3.63, 3.8) is 0 Å². The number of hydrogen-bond acceptors (Lipinski definition) is 4. The molecular weight excluding hydrogens is 292 g/mol. The van der Waals surface area contributed by atoms with Crippen LogP contribution in [0, 0.1) is 0 Å². The lowest BCUT2D eigenvalue weighted by Gasteiger charge is -2.27. The monoisotopic (exact) mass is 314 g/mol. The van der Waals surface area contributed by atoms with E-state index in [0.29, 0.717) is 29.8 Å². The topological polar surface area (TPSA) is 65.6 Å². The maximum absolute atomic E-state index is 11.6. The Hall–Kier alpha value is -2.27. The van der Waals surface area contributed by atoms with Crippen molar-refractivity contribution in [2.24, 2.45) is 0 Å². The lowest BCUT2D eigenvalue weighted by molar-refractivity contribution is 0.218. The molecule has 0 radical (unpaired) electrons. The van der Waals surface area contributed by atoms with Crippen LogP contribution in [0.5, 0.6) is 11.5 Å². The Bertz CT molecular complexity index is 761. The van der Waals surface area contributed by atoms with Gasteiger partial charge in [-0.3, -0.25) is 9.69 Å². The van der Waals surface area contributed by atoms with Crippen LogP contribution in [0.25, 0.3) is 10.9 Å². The number of fused-ring (bicyclic) bond motifs is 1. The van der Waals surface area contributed by atoms with E-state index in [1.807, 2.05) is 6.07 Å². The summed E-state index contributed by atoms with van der Waals surface area (Å²) >= 11 is 0. The van der Waals surface area contributed by atoms with Crippen molar-refractivity contribution < 1.29 is 9.84 Å². The van der Waals surface area contributed by atoms with E-state index in [9.17, 15) is 9.90 Å². The largest absolute Gasteiger partial charge is 0.507 e. The van der Waals surface area contributed by atoms with Crippen LogP contribution < -0.4 is 10.3 Å². The number of rotatable bonds is 5. The Morgan fingerprint density at radius 1 is 1.30 bits per heavy atom. The van der Waals surface area contributed by atoms with Gasteiger partial charge in [0.15, 0.2) is 0 Å². The normalized spacial score (nSPS) is 15.7. The second-order valence-electron chi connectivity index (χ2n) is 5.93. The van der Waals surface area contributed by atoms with Crippen molar-refractivity contribution in [3.8, 4) is 11.5 Å². The Kier molecular flexibility index (Phi) is 4.67. The highest BCUT2D eigenvalue weighted by Crippen LogP contribution is 2.35. The van der Waals surface area contributed by atoms with Crippen molar-refractivity contribution >= 4 is 10.9 Å². The van der Waals surface area contributed by atoms with Crippen LogP contribution in [0.4, 0.5) is 0 Å². The maximum atomic E-state index is 11.6. The van der Waals surface area contributed by atoms with Gasteiger partial charge in [-0.25, -0.2) is 0 Å². The van der Waals surface area contributed by atoms with Gasteiger partial charge in [-0.05, 0) is 38.1 Å². The predicted molar refractivity (Wildman–Crippen MR) is 91.1 cm³/mol. The maximum Gasteiger partial charge on any atom is 0.248 e. The lowest BCUT2D eigenvalue weighted by atomic mass is 10.1. The van der Waals surface area contributed by atoms with Crippen LogP contribution in [0.3, 0.4) is 0 Å². The van der Waals surface area contributed by atoms with E-state index in [1.165, 1.54) is 25.3 Å². The van der Waals surface area contributed by atoms with Crippen LogP contribution in [0.1, 0.15) is 24.8 Å². The number of phenolic OH excluding ortho intramolecular Hbond substituents is 1. The highest BCUT2D eigenvalue weighted by atomic mass is 16.5. The molecule has 5 nitrogen and oxygen atoms in total. The first-order valence-electron chi connectivity index (χ1n) is 8.03. The number of likely N-dealkylation sites (tertiary alicyclic amines) is 1. The van der Waals surface area contributed by atoms with E-state index in [4.69, 9.17) is 4.74 Å². The number of nitrogens with one attached hydrogen (secondary N) is 1. The number of ether oxygens (including phenoxy) is 1. The molecule has 1 aliphatic rings. The molecule has 0 saturated carbocycles. The number of benzene rings is 1. The lowest BCUT2D eigenvalue weighted by Crippen LogP contribution is -2.29. The van der Waals surface area contributed by atoms with E-state index < -0.39 is 0 Å². The molecule has 0 amide bonds. The van der Waals surface area contributed by atoms with Gasteiger partial charge in [0.25, 0.3) is 0 Å². The number of piperidine rings is 1. The summed E-state index contributed by atoms with van der Waals surface area (Å²) in [5, 5.41) is 11.2. The predicted octanol–water partition coefficient (Wildman–Crippen LogP) is 2.78. The van der Waals surface area contributed by atoms with Gasteiger partial charge in [0.2, 0.25) is 5.56 Å². The number of aromatic nitrogens is 1. The first-order valence-corrected chi connectivity index (χ1v) is 8.03. The Morgan fingerprint density at radius 3 is 2.83 bits per heavy atom. The Labute approximate surface area is 135 Å². The number of nitrogens with zero attached hydrogens (tertiary/aromatic N) is 1. The highest BCUT2D eigenvalue weighted by molar-refractivity contribution is 5.91. The van der Waals surface area contributed by atoms with Gasteiger partial charge in [0.1, 0.15) is 18.1 Å². The fourth-order valence-electron chi connectivity index (χ4n) is 3.08. The van der Waals surface area contributed by atoms with Crippen molar-refractivity contribution in [1.29, 1.82) is 0 Å². The average molecular weight is 314 g/mol. The summed E-state index contributed by atoms with van der Waals surface area (Å²) in [6.45, 7) is 6.78. The number of aromatic hydroxyl groups is 1. The van der Waals surface area contributed by atoms with Gasteiger partial charge < -0.3 is 14.8 Å². The molecule has 1 saturated heterocycles. The van der Waals surface area contributed by atoms with Crippen LogP contribution >= 0.6 is 0 Å². The molecule has 2 N–H and O–H groups in total. The zero-order valence-electron chi connectivity index (χ0n) is 13.2. The van der Waals surface area contributed by atoms with Crippen molar-refractivity contribution in [3.05, 3.63) is 46.8 Å². The third-order valence-electron chi connectivity index (χ3n) is 4.23. The standard InChI is InChI=1S/C18H22N2O3/c1-2-10-23-15-11-13(12-20-8-4-3-5-9-20)18(22)14-6-7-16(21)19-17(14)15/h2,6-7,11,22H,1,3-5,8-10,12H2,(H,19,21). The molecule has 23 heavy (non-hydrogen) atoms. The van der Waals surface area contributed by atoms with Gasteiger partial charge in [-0.1, -0.05) is 19.1 Å². The number of aromatic amines is 1. The van der Waals surface area contributed by atoms with Crippen molar-refractivity contribution in [2.75, 3.05) is 19.7 Å². The van der Waals surface area contributed by atoms with E-state index in [1.54, 1.807) is 12.1 Å². The van der Waals surface area contributed by atoms with Crippen LogP contribution in [0.15, 0.2) is 35.6 Å². The van der Waals surface area contributed by atoms with Gasteiger partial charge in [0, 0.05) is 23.6 Å². The third kappa shape index (κ3) is 3.40. The zero-order chi connectivity index (χ0) is 16.2. The number of pyridine rings is 1. The summed E-state index contributed by atoms with van der Waals surface area (Å²) < 4.78 is 5.69. The second kappa shape index (κ2) is 6.87. The molecule has 5 heteroatoms. The highest BCUT2D eigenvalue weighted by Gasteiger charge is 2.17. The molecule has 1 fully saturated rings. The van der Waals surface area contributed by atoms with Crippen LogP contribution in [-0.2, 0) is 6.54 Å². The minimum Gasteiger partial charge on any atom is -0.507 e. The fraction of sp³-hybridized carbons (Fsp3) is 0.389. The molecule has 0 aliphatic carbocycles. The van der Waals surface area contributed by atoms with E-state index in [2.05, 4.69) is 16.5 Å². The molecule has 0 bridgehead atoms. The molecule has 0 spiro atoms. The summed E-state index contributed by atoms with van der Waals surface area (Å²) in [5.74, 6) is 0.787. The first kappa shape index (κ1) is 15.6. The molecule has 2 heterocycles. The summed E-state index contributed by atoms with van der Waals surface area (Å²) in [6, 6.07) is 4.89. The molecule has 122 valence electrons. The van der Waals surface area contributed by atoms with Crippen molar-refractivity contribution in [2.45, 2.75) is 25.8 Å². The molecular formula is C18H22N2O3. The van der Waals surface area contributed by atoms with Gasteiger partial charge >= 0.3 is 0 Å². The summed E-state index contributed by atoms with van der Waals surface area (Å²) in [7, 11) is 0. The van der Waals surface area contributed by atoms with E-state index in [0.717, 1.165) is 18.7 Å². The van der Waals surface area contributed by atoms with Gasteiger partial charge in [0.05, 0.1) is 5.52 Å². The first-order chi connectivity index (χ1) is 11.2. The quantitative estimate of drug-likeness (QED) is 0.833. The molecule has 0 atom stereocenters. The molecule has 3 rings (SSSR count). The second-order valence-corrected chi connectivity index (χ2v) is 5.93. The van der Waals surface area contributed by atoms with Gasteiger partial charge in [-0.2, -0.15) is 0 Å². The summed E-state index contributed by atoms with van der Waals surface area (Å²) in [5.41, 5.74) is 1.13. The van der Waals surface area contributed by atoms with E-state index in [-0.39, 0.29) is 11.3 Å². The summed E-state index contributed by atoms with van der Waals surface area (Å²) in [4.78, 5) is 16.7. The molecule has 0 unspecified atom stereocenters. The van der Waals surface area contributed by atoms with Gasteiger partial charge in [-0.15, -0.1) is 0 Å². The SMILES string of the molecule is C=CCOc1cc(CN2CCCCC2)c(O)c2ccc(=O)[nH]c12. The molecule has 1 aliphatic heterocycles. The summed E-state index contributed by atoms with van der Waals surface area (Å²) in [6.07, 6.45) is 5.32. The molecule has 1 aromatic heterocycles. The average Bonchev–Trinajstić information content (AvgIpc) is 2.57. The Balaban J connectivity index is 2.02. The van der Waals surface area contributed by atoms with Crippen LogP contribution in [0.2, 0.25) is 0 Å². The van der Waals surface area contributed by atoms with E-state index >= 15 is 0 Å². The zero-order valence-corrected chi connectivity index (χ0v) is 13.2. The number of H-pyrrole nitrogens is 1. The smallest absolute Gasteiger partial charge is 0.248 e. The fourth-order valence-corrected chi connectivity index (χ4v) is 3.08. The number of phenols is 1. The third-order valence-corrected chi connectivity index (χ3v) is 4.23. The number of hydrogen-bond donors (Lipinski definition) is 2. The minimum absolute atomic E-state index is 0.216. The van der Waals surface area contributed by atoms with Crippen LogP contribution in [-0.4, -0.2) is 34.7 Å². The molecule has 1 aromatic carbocycles. The molecule has 2 aromatic rings.